The molecule has 122 valence electrons. The number of ether oxygens (including phenoxy) is 1. The number of aryl methyl sites for hydroxylation is 2. The Hall–Kier alpha value is -2.62. The normalized spacial score (nSPS) is 16.8. The minimum atomic E-state index is -0.153. The van der Waals surface area contributed by atoms with Gasteiger partial charge in [0, 0.05) is 24.9 Å². The van der Waals surface area contributed by atoms with Crippen LogP contribution in [0, 0.1) is 12.8 Å². The van der Waals surface area contributed by atoms with Crippen molar-refractivity contribution in [2.24, 2.45) is 5.92 Å². The molecule has 0 amide bonds. The third-order valence-corrected chi connectivity index (χ3v) is 4.73. The number of esters is 1. The largest absolute Gasteiger partial charge is 0.426 e. The highest BCUT2D eigenvalue weighted by Gasteiger charge is 2.22. The Morgan fingerprint density at radius 3 is 3.00 bits per heavy atom. The summed E-state index contributed by atoms with van der Waals surface area (Å²) in [6, 6.07) is 12.1. The van der Waals surface area contributed by atoms with Crippen molar-refractivity contribution in [3.05, 3.63) is 60.2 Å². The molecule has 4 heteroatoms. The molecule has 0 aliphatic carbocycles. The number of aromatic nitrogens is 2. The van der Waals surface area contributed by atoms with Crippen molar-refractivity contribution in [1.82, 2.24) is 9.55 Å². The number of nitrogens with zero attached hydrogens (tertiary/aromatic N) is 2. The molecule has 3 aromatic rings. The van der Waals surface area contributed by atoms with Gasteiger partial charge in [0.15, 0.2) is 0 Å². The SMILES string of the molecule is Cc1ccc2cc(OC(=O)CC3CCn4cncc4C3)ccc2c1. The van der Waals surface area contributed by atoms with Crippen molar-refractivity contribution in [1.29, 1.82) is 0 Å². The van der Waals surface area contributed by atoms with Crippen LogP contribution in [-0.4, -0.2) is 15.5 Å². The van der Waals surface area contributed by atoms with Crippen molar-refractivity contribution in [3.63, 3.8) is 0 Å². The summed E-state index contributed by atoms with van der Waals surface area (Å²) in [6.45, 7) is 3.01. The van der Waals surface area contributed by atoms with Gasteiger partial charge in [0.05, 0.1) is 6.33 Å². The molecular formula is C20H20N2O2. The average Bonchev–Trinajstić information content (AvgIpc) is 3.02. The van der Waals surface area contributed by atoms with Gasteiger partial charge in [-0.05, 0) is 48.6 Å². The highest BCUT2D eigenvalue weighted by atomic mass is 16.5. The zero-order valence-corrected chi connectivity index (χ0v) is 13.7. The monoisotopic (exact) mass is 320 g/mol. The first kappa shape index (κ1) is 14.9. The lowest BCUT2D eigenvalue weighted by atomic mass is 9.93. The topological polar surface area (TPSA) is 44.1 Å². The summed E-state index contributed by atoms with van der Waals surface area (Å²) in [5, 5.41) is 2.25. The fourth-order valence-electron chi connectivity index (χ4n) is 3.43. The van der Waals surface area contributed by atoms with E-state index in [2.05, 4.69) is 34.7 Å². The number of hydrogen-bond donors (Lipinski definition) is 0. The van der Waals surface area contributed by atoms with Gasteiger partial charge in [0.25, 0.3) is 0 Å². The Morgan fingerprint density at radius 2 is 2.08 bits per heavy atom. The zero-order chi connectivity index (χ0) is 16.5. The van der Waals surface area contributed by atoms with Gasteiger partial charge in [-0.2, -0.15) is 0 Å². The molecule has 0 N–H and O–H groups in total. The average molecular weight is 320 g/mol. The van der Waals surface area contributed by atoms with Gasteiger partial charge in [0.2, 0.25) is 0 Å². The number of carbonyl (C=O) groups excluding carboxylic acids is 1. The molecule has 24 heavy (non-hydrogen) atoms. The molecular weight excluding hydrogens is 300 g/mol. The predicted molar refractivity (Wildman–Crippen MR) is 93.0 cm³/mol. The van der Waals surface area contributed by atoms with E-state index in [1.165, 1.54) is 11.3 Å². The lowest BCUT2D eigenvalue weighted by molar-refractivity contribution is -0.135. The number of hydrogen-bond acceptors (Lipinski definition) is 3. The van der Waals surface area contributed by atoms with Crippen LogP contribution >= 0.6 is 0 Å². The maximum Gasteiger partial charge on any atom is 0.311 e. The van der Waals surface area contributed by atoms with Crippen LogP contribution in [0.5, 0.6) is 5.75 Å². The second-order valence-corrected chi connectivity index (χ2v) is 6.63. The van der Waals surface area contributed by atoms with E-state index in [1.54, 1.807) is 0 Å². The summed E-state index contributed by atoms with van der Waals surface area (Å²) >= 11 is 0. The quantitative estimate of drug-likeness (QED) is 0.543. The van der Waals surface area contributed by atoms with E-state index in [0.29, 0.717) is 18.1 Å². The fourth-order valence-corrected chi connectivity index (χ4v) is 3.43. The molecule has 0 saturated carbocycles. The summed E-state index contributed by atoms with van der Waals surface area (Å²) in [5.74, 6) is 0.807. The van der Waals surface area contributed by atoms with E-state index in [1.807, 2.05) is 30.7 Å². The lowest BCUT2D eigenvalue weighted by Gasteiger charge is -2.22. The smallest absolute Gasteiger partial charge is 0.311 e. The van der Waals surface area contributed by atoms with E-state index < -0.39 is 0 Å². The molecule has 1 aliphatic heterocycles. The van der Waals surface area contributed by atoms with Crippen LogP contribution in [0.3, 0.4) is 0 Å². The van der Waals surface area contributed by atoms with Crippen LogP contribution in [0.4, 0.5) is 0 Å². The molecule has 0 fully saturated rings. The number of carbonyl (C=O) groups is 1. The molecule has 1 aromatic heterocycles. The summed E-state index contributed by atoms with van der Waals surface area (Å²) in [5.41, 5.74) is 2.43. The van der Waals surface area contributed by atoms with Crippen LogP contribution in [0.1, 0.15) is 24.1 Å². The van der Waals surface area contributed by atoms with Gasteiger partial charge in [-0.3, -0.25) is 4.79 Å². The Balaban J connectivity index is 1.42. The summed E-state index contributed by atoms with van der Waals surface area (Å²) in [6.07, 6.45) is 6.10. The second kappa shape index (κ2) is 6.11. The fraction of sp³-hybridized carbons (Fsp3) is 0.300. The highest BCUT2D eigenvalue weighted by molar-refractivity contribution is 5.85. The summed E-state index contributed by atoms with van der Waals surface area (Å²) < 4.78 is 7.72. The van der Waals surface area contributed by atoms with Crippen LogP contribution in [-0.2, 0) is 17.8 Å². The van der Waals surface area contributed by atoms with Crippen molar-refractivity contribution in [2.45, 2.75) is 32.7 Å². The minimum Gasteiger partial charge on any atom is -0.426 e. The molecule has 1 unspecified atom stereocenters. The van der Waals surface area contributed by atoms with Gasteiger partial charge in [-0.25, -0.2) is 4.98 Å². The Bertz CT molecular complexity index is 898. The Morgan fingerprint density at radius 1 is 1.25 bits per heavy atom. The first-order valence-corrected chi connectivity index (χ1v) is 8.37. The van der Waals surface area contributed by atoms with E-state index in [0.717, 1.165) is 30.2 Å². The first-order valence-electron chi connectivity index (χ1n) is 8.37. The van der Waals surface area contributed by atoms with E-state index >= 15 is 0 Å². The first-order chi connectivity index (χ1) is 11.7. The van der Waals surface area contributed by atoms with Crippen molar-refractivity contribution < 1.29 is 9.53 Å². The number of imidazole rings is 1. The lowest BCUT2D eigenvalue weighted by Crippen LogP contribution is -2.22. The second-order valence-electron chi connectivity index (χ2n) is 6.63. The molecule has 4 rings (SSSR count). The van der Waals surface area contributed by atoms with E-state index in [9.17, 15) is 4.79 Å². The molecule has 0 radical (unpaired) electrons. The third-order valence-electron chi connectivity index (χ3n) is 4.73. The number of fused-ring (bicyclic) bond motifs is 2. The van der Waals surface area contributed by atoms with Crippen molar-refractivity contribution in [2.75, 3.05) is 0 Å². The van der Waals surface area contributed by atoms with E-state index in [-0.39, 0.29) is 5.97 Å². The Kier molecular flexibility index (Phi) is 3.81. The molecule has 1 aliphatic rings. The molecule has 0 saturated heterocycles. The molecule has 2 aromatic carbocycles. The standard InChI is InChI=1S/C20H20N2O2/c1-14-2-3-17-11-19(5-4-16(17)8-14)24-20(23)10-15-6-7-22-13-21-12-18(22)9-15/h2-5,8,11-13,15H,6-7,9-10H2,1H3. The van der Waals surface area contributed by atoms with Gasteiger partial charge >= 0.3 is 5.97 Å². The predicted octanol–water partition coefficient (Wildman–Crippen LogP) is 3.90. The van der Waals surface area contributed by atoms with Crippen molar-refractivity contribution in [3.8, 4) is 5.75 Å². The highest BCUT2D eigenvalue weighted by Crippen LogP contribution is 2.25. The molecule has 4 nitrogen and oxygen atoms in total. The molecule has 0 spiro atoms. The minimum absolute atomic E-state index is 0.153. The number of benzene rings is 2. The molecule has 1 atom stereocenters. The zero-order valence-electron chi connectivity index (χ0n) is 13.7. The molecule has 2 heterocycles. The van der Waals surface area contributed by atoms with Gasteiger partial charge < -0.3 is 9.30 Å². The van der Waals surface area contributed by atoms with Crippen LogP contribution in [0.25, 0.3) is 10.8 Å². The third kappa shape index (κ3) is 3.04. The van der Waals surface area contributed by atoms with Gasteiger partial charge in [0.1, 0.15) is 5.75 Å². The van der Waals surface area contributed by atoms with E-state index in [4.69, 9.17) is 4.74 Å². The number of rotatable bonds is 3. The van der Waals surface area contributed by atoms with Crippen LogP contribution < -0.4 is 4.74 Å². The van der Waals surface area contributed by atoms with Gasteiger partial charge in [-0.15, -0.1) is 0 Å². The van der Waals surface area contributed by atoms with Crippen molar-refractivity contribution >= 4 is 16.7 Å². The summed E-state index contributed by atoms with van der Waals surface area (Å²) in [7, 11) is 0. The maximum absolute atomic E-state index is 12.3. The van der Waals surface area contributed by atoms with Gasteiger partial charge in [-0.1, -0.05) is 29.8 Å². The molecule has 0 bridgehead atoms. The van der Waals surface area contributed by atoms with Crippen LogP contribution in [0.2, 0.25) is 0 Å². The summed E-state index contributed by atoms with van der Waals surface area (Å²) in [4.78, 5) is 16.4. The van der Waals surface area contributed by atoms with Crippen LogP contribution in [0.15, 0.2) is 48.9 Å². The Labute approximate surface area is 141 Å². The maximum atomic E-state index is 12.3.